The summed E-state index contributed by atoms with van der Waals surface area (Å²) in [6, 6.07) is 0.167. The molecule has 26 heavy (non-hydrogen) atoms. The monoisotopic (exact) mass is 359 g/mol. The first-order chi connectivity index (χ1) is 12.6. The van der Waals surface area contributed by atoms with Crippen molar-refractivity contribution in [2.24, 2.45) is 7.05 Å². The first kappa shape index (κ1) is 17.6. The van der Waals surface area contributed by atoms with Gasteiger partial charge in [0.1, 0.15) is 11.6 Å². The van der Waals surface area contributed by atoms with E-state index in [9.17, 15) is 5.11 Å². The number of anilines is 1. The first-order valence-corrected chi connectivity index (χ1v) is 9.61. The molecule has 2 aliphatic rings. The van der Waals surface area contributed by atoms with E-state index < -0.39 is 0 Å². The fourth-order valence-electron chi connectivity index (χ4n) is 4.08. The zero-order valence-electron chi connectivity index (χ0n) is 16.0. The number of nitrogens with zero attached hydrogens (tertiary/aromatic N) is 7. The lowest BCUT2D eigenvalue weighted by Gasteiger charge is -2.37. The Kier molecular flexibility index (Phi) is 4.81. The summed E-state index contributed by atoms with van der Waals surface area (Å²) in [5.74, 6) is 1.78. The number of fused-ring (bicyclic) bond motifs is 1. The zero-order chi connectivity index (χ0) is 18.3. The molecule has 8 heteroatoms. The normalized spacial score (nSPS) is 25.5. The molecular weight excluding hydrogens is 330 g/mol. The fraction of sp³-hybridized carbons (Fsp3) is 0.722. The van der Waals surface area contributed by atoms with Gasteiger partial charge in [-0.15, -0.1) is 0 Å². The van der Waals surface area contributed by atoms with Crippen molar-refractivity contribution in [2.75, 3.05) is 51.2 Å². The molecule has 1 N–H and O–H groups in total. The maximum absolute atomic E-state index is 10.7. The molecule has 0 unspecified atom stereocenters. The van der Waals surface area contributed by atoms with Gasteiger partial charge in [-0.1, -0.05) is 6.92 Å². The number of hydrogen-bond acceptors (Lipinski definition) is 7. The van der Waals surface area contributed by atoms with Gasteiger partial charge in [-0.05, 0) is 13.5 Å². The van der Waals surface area contributed by atoms with Crippen LogP contribution in [0, 0.1) is 0 Å². The van der Waals surface area contributed by atoms with Gasteiger partial charge in [0, 0.05) is 52.7 Å². The van der Waals surface area contributed by atoms with Crippen molar-refractivity contribution < 1.29 is 5.11 Å². The van der Waals surface area contributed by atoms with Crippen molar-refractivity contribution in [3.8, 4) is 0 Å². The molecule has 2 aromatic rings. The summed E-state index contributed by atoms with van der Waals surface area (Å²) < 4.78 is 1.81. The SMILES string of the molecule is CCCc1nc(N2C[C@H](O)[C@@H](N3CCN(C)CC3)C2)c2cnn(C)c2n1. The Morgan fingerprint density at radius 1 is 1.12 bits per heavy atom. The molecule has 0 amide bonds. The second-order valence-electron chi connectivity index (χ2n) is 7.60. The molecule has 0 saturated carbocycles. The Bertz CT molecular complexity index is 768. The maximum atomic E-state index is 10.7. The van der Waals surface area contributed by atoms with Gasteiger partial charge < -0.3 is 14.9 Å². The minimum absolute atomic E-state index is 0.167. The van der Waals surface area contributed by atoms with Crippen molar-refractivity contribution in [1.82, 2.24) is 29.5 Å². The molecule has 0 bridgehead atoms. The van der Waals surface area contributed by atoms with E-state index in [1.165, 1.54) is 0 Å². The summed E-state index contributed by atoms with van der Waals surface area (Å²) in [5.41, 5.74) is 0.871. The summed E-state index contributed by atoms with van der Waals surface area (Å²) in [6.45, 7) is 7.70. The minimum Gasteiger partial charge on any atom is -0.390 e. The predicted molar refractivity (Wildman–Crippen MR) is 101 cm³/mol. The van der Waals surface area contributed by atoms with Crippen LogP contribution in [0.3, 0.4) is 0 Å². The molecule has 2 saturated heterocycles. The molecule has 4 rings (SSSR count). The highest BCUT2D eigenvalue weighted by Crippen LogP contribution is 2.29. The number of aromatic nitrogens is 4. The van der Waals surface area contributed by atoms with Crippen LogP contribution in [0.5, 0.6) is 0 Å². The van der Waals surface area contributed by atoms with Crippen LogP contribution in [0.1, 0.15) is 19.2 Å². The van der Waals surface area contributed by atoms with E-state index in [1.807, 2.05) is 17.9 Å². The molecule has 2 fully saturated rings. The number of rotatable bonds is 4. The number of β-amino-alcohol motifs (C(OH)–C–C–N with tert-alkyl or cyclic N) is 1. The lowest BCUT2D eigenvalue weighted by Crippen LogP contribution is -2.52. The van der Waals surface area contributed by atoms with Gasteiger partial charge in [0.05, 0.1) is 23.7 Å². The average molecular weight is 359 g/mol. The molecule has 8 nitrogen and oxygen atoms in total. The number of aliphatic hydroxyl groups is 1. The second-order valence-corrected chi connectivity index (χ2v) is 7.60. The van der Waals surface area contributed by atoms with Crippen LogP contribution >= 0.6 is 0 Å². The van der Waals surface area contributed by atoms with Gasteiger partial charge in [0.25, 0.3) is 0 Å². The van der Waals surface area contributed by atoms with Crippen LogP contribution in [0.2, 0.25) is 0 Å². The fourth-order valence-corrected chi connectivity index (χ4v) is 4.08. The third-order valence-corrected chi connectivity index (χ3v) is 5.66. The molecule has 142 valence electrons. The van der Waals surface area contributed by atoms with Gasteiger partial charge in [-0.3, -0.25) is 9.58 Å². The highest BCUT2D eigenvalue weighted by Gasteiger charge is 2.37. The number of likely N-dealkylation sites (N-methyl/N-ethyl adjacent to an activating group) is 1. The number of aryl methyl sites for hydroxylation is 2. The minimum atomic E-state index is -0.352. The van der Waals surface area contributed by atoms with Crippen LogP contribution in [0.25, 0.3) is 11.0 Å². The Balaban J connectivity index is 1.61. The van der Waals surface area contributed by atoms with E-state index in [0.717, 1.165) is 68.2 Å². The molecule has 0 aliphatic carbocycles. The van der Waals surface area contributed by atoms with Crippen LogP contribution in [0.15, 0.2) is 6.20 Å². The Hall–Kier alpha value is -1.77. The van der Waals surface area contributed by atoms with Crippen LogP contribution in [-0.4, -0.2) is 93.1 Å². The molecule has 2 aromatic heterocycles. The lowest BCUT2D eigenvalue weighted by atomic mass is 10.1. The molecule has 0 radical (unpaired) electrons. The molecular formula is C18H29N7O. The number of hydrogen-bond donors (Lipinski definition) is 1. The summed E-state index contributed by atoms with van der Waals surface area (Å²) in [4.78, 5) is 16.5. The van der Waals surface area contributed by atoms with Crippen molar-refractivity contribution in [3.63, 3.8) is 0 Å². The molecule has 0 spiro atoms. The van der Waals surface area contributed by atoms with E-state index in [-0.39, 0.29) is 12.1 Å². The Morgan fingerprint density at radius 3 is 2.62 bits per heavy atom. The first-order valence-electron chi connectivity index (χ1n) is 9.61. The van der Waals surface area contributed by atoms with Crippen LogP contribution < -0.4 is 4.90 Å². The standard InChI is InChI=1S/C18H29N7O/c1-4-5-16-20-17-13(10-19-23(17)3)18(21-16)25-11-14(15(26)12-25)24-8-6-22(2)7-9-24/h10,14-15,26H,4-9,11-12H2,1-3H3/t14-,15-/m0/s1. The van der Waals surface area contributed by atoms with E-state index in [0.29, 0.717) is 6.54 Å². The topological polar surface area (TPSA) is 73.6 Å². The maximum Gasteiger partial charge on any atom is 0.163 e. The molecule has 4 heterocycles. The van der Waals surface area contributed by atoms with E-state index in [2.05, 4.69) is 38.8 Å². The summed E-state index contributed by atoms with van der Waals surface area (Å²) >= 11 is 0. The highest BCUT2D eigenvalue weighted by molar-refractivity contribution is 5.87. The summed E-state index contributed by atoms with van der Waals surface area (Å²) in [7, 11) is 4.07. The van der Waals surface area contributed by atoms with Gasteiger partial charge in [0.2, 0.25) is 0 Å². The molecule has 2 aliphatic heterocycles. The van der Waals surface area contributed by atoms with Gasteiger partial charge in [-0.25, -0.2) is 9.97 Å². The van der Waals surface area contributed by atoms with E-state index in [1.54, 1.807) is 0 Å². The lowest BCUT2D eigenvalue weighted by molar-refractivity contribution is 0.0512. The van der Waals surface area contributed by atoms with Crippen molar-refractivity contribution in [2.45, 2.75) is 31.9 Å². The highest BCUT2D eigenvalue weighted by atomic mass is 16.3. The second kappa shape index (κ2) is 7.09. The van der Waals surface area contributed by atoms with Gasteiger partial charge in [0.15, 0.2) is 5.65 Å². The van der Waals surface area contributed by atoms with Crippen molar-refractivity contribution in [1.29, 1.82) is 0 Å². The largest absolute Gasteiger partial charge is 0.390 e. The van der Waals surface area contributed by atoms with Crippen LogP contribution in [-0.2, 0) is 13.5 Å². The molecule has 0 aromatic carbocycles. The summed E-state index contributed by atoms with van der Waals surface area (Å²) in [5, 5.41) is 16.1. The third kappa shape index (κ3) is 3.17. The number of piperazine rings is 1. The van der Waals surface area contributed by atoms with E-state index in [4.69, 9.17) is 4.98 Å². The van der Waals surface area contributed by atoms with Crippen molar-refractivity contribution >= 4 is 16.9 Å². The predicted octanol–water partition coefficient (Wildman–Crippen LogP) is 0.113. The Morgan fingerprint density at radius 2 is 1.88 bits per heavy atom. The van der Waals surface area contributed by atoms with E-state index >= 15 is 0 Å². The zero-order valence-corrected chi connectivity index (χ0v) is 16.0. The van der Waals surface area contributed by atoms with Crippen molar-refractivity contribution in [3.05, 3.63) is 12.0 Å². The van der Waals surface area contributed by atoms with Crippen LogP contribution in [0.4, 0.5) is 5.82 Å². The van der Waals surface area contributed by atoms with Gasteiger partial charge >= 0.3 is 0 Å². The van der Waals surface area contributed by atoms with Gasteiger partial charge in [-0.2, -0.15) is 5.10 Å². The average Bonchev–Trinajstić information content (AvgIpc) is 3.19. The quantitative estimate of drug-likeness (QED) is 0.831. The third-order valence-electron chi connectivity index (χ3n) is 5.66. The number of aliphatic hydroxyl groups excluding tert-OH is 1. The molecule has 2 atom stereocenters. The smallest absolute Gasteiger partial charge is 0.163 e. The Labute approximate surface area is 154 Å². The summed E-state index contributed by atoms with van der Waals surface area (Å²) in [6.07, 6.45) is 3.35.